The molecule has 0 aliphatic carbocycles. The number of amides is 1. The van der Waals surface area contributed by atoms with Crippen LogP contribution in [0.3, 0.4) is 0 Å². The van der Waals surface area contributed by atoms with Crippen molar-refractivity contribution >= 4 is 74.2 Å². The number of aromatic nitrogens is 1. The zero-order valence-corrected chi connectivity index (χ0v) is 19.9. The van der Waals surface area contributed by atoms with Crippen LogP contribution in [0, 0.1) is 10.1 Å². The molecule has 2 heterocycles. The van der Waals surface area contributed by atoms with Gasteiger partial charge in [-0.05, 0) is 35.9 Å². The lowest BCUT2D eigenvalue weighted by Crippen LogP contribution is -2.27. The molecular formula is C25H16ClN3O3S2. The molecule has 1 aliphatic rings. The minimum atomic E-state index is -0.480. The Kier molecular flexibility index (Phi) is 5.95. The van der Waals surface area contributed by atoms with Crippen LogP contribution in [0.1, 0.15) is 11.1 Å². The van der Waals surface area contributed by atoms with Crippen molar-refractivity contribution in [3.8, 4) is 0 Å². The number of nitrogens with zero attached hydrogens (tertiary/aromatic N) is 3. The third-order valence-corrected chi connectivity index (χ3v) is 7.19. The Morgan fingerprint density at radius 3 is 2.47 bits per heavy atom. The van der Waals surface area contributed by atoms with E-state index in [9.17, 15) is 14.9 Å². The number of rotatable bonds is 5. The second kappa shape index (κ2) is 9.06. The number of hydrogen-bond acceptors (Lipinski definition) is 5. The van der Waals surface area contributed by atoms with Crippen LogP contribution < -0.4 is 4.90 Å². The van der Waals surface area contributed by atoms with E-state index in [0.29, 0.717) is 26.5 Å². The Balaban J connectivity index is 1.50. The highest BCUT2D eigenvalue weighted by molar-refractivity contribution is 8.27. The number of carbonyl (C=O) groups is 1. The molecule has 0 atom stereocenters. The van der Waals surface area contributed by atoms with Crippen molar-refractivity contribution in [2.45, 2.75) is 6.54 Å². The van der Waals surface area contributed by atoms with Crippen molar-refractivity contribution in [1.82, 2.24) is 4.57 Å². The highest BCUT2D eigenvalue weighted by Gasteiger charge is 2.33. The third-order valence-electron chi connectivity index (χ3n) is 5.52. The van der Waals surface area contributed by atoms with Crippen molar-refractivity contribution < 1.29 is 9.72 Å². The monoisotopic (exact) mass is 505 g/mol. The summed E-state index contributed by atoms with van der Waals surface area (Å²) in [6.45, 7) is 0.595. The van der Waals surface area contributed by atoms with Gasteiger partial charge in [-0.25, -0.2) is 0 Å². The molecule has 0 spiro atoms. The molecule has 4 aromatic rings. The van der Waals surface area contributed by atoms with Gasteiger partial charge in [0.2, 0.25) is 0 Å². The van der Waals surface area contributed by atoms with Gasteiger partial charge in [0.25, 0.3) is 11.6 Å². The van der Waals surface area contributed by atoms with Gasteiger partial charge in [-0.15, -0.1) is 0 Å². The van der Waals surface area contributed by atoms with Crippen LogP contribution in [0.2, 0.25) is 5.02 Å². The fourth-order valence-corrected chi connectivity index (χ4v) is 5.37. The van der Waals surface area contributed by atoms with E-state index in [4.69, 9.17) is 23.8 Å². The van der Waals surface area contributed by atoms with Gasteiger partial charge in [0, 0.05) is 46.4 Å². The third kappa shape index (κ3) is 4.11. The zero-order chi connectivity index (χ0) is 23.8. The van der Waals surface area contributed by atoms with Gasteiger partial charge in [0.1, 0.15) is 0 Å². The molecule has 6 nitrogen and oxygen atoms in total. The first-order chi connectivity index (χ1) is 16.4. The molecule has 1 fully saturated rings. The largest absolute Gasteiger partial charge is 0.342 e. The number of hydrogen-bond donors (Lipinski definition) is 0. The molecule has 34 heavy (non-hydrogen) atoms. The molecule has 1 aromatic heterocycles. The van der Waals surface area contributed by atoms with E-state index in [1.807, 2.05) is 60.8 Å². The SMILES string of the molecule is O=C1/C(=C\c2cn(Cc3ccccc3Cl)c3ccccc23)SC(=S)N1c1ccc([N+](=O)[O-])cc1. The summed E-state index contributed by atoms with van der Waals surface area (Å²) >= 11 is 13.0. The number of fused-ring (bicyclic) bond motifs is 1. The number of non-ortho nitro benzene ring substituents is 1. The molecule has 5 rings (SSSR count). The first-order valence-corrected chi connectivity index (χ1v) is 11.9. The Labute approximate surface area is 209 Å². The first-order valence-electron chi connectivity index (χ1n) is 10.3. The quantitative estimate of drug-likeness (QED) is 0.131. The summed E-state index contributed by atoms with van der Waals surface area (Å²) in [5, 5.41) is 12.6. The van der Waals surface area contributed by atoms with Gasteiger partial charge in [-0.3, -0.25) is 19.8 Å². The molecule has 3 aromatic carbocycles. The molecule has 0 saturated carbocycles. The summed E-state index contributed by atoms with van der Waals surface area (Å²) in [4.78, 5) is 25.6. The maximum absolute atomic E-state index is 13.2. The highest BCUT2D eigenvalue weighted by atomic mass is 35.5. The average Bonchev–Trinajstić information content (AvgIpc) is 3.32. The Morgan fingerprint density at radius 1 is 1.03 bits per heavy atom. The second-order valence-corrected chi connectivity index (χ2v) is 9.69. The van der Waals surface area contributed by atoms with E-state index in [2.05, 4.69) is 4.57 Å². The number of thioether (sulfide) groups is 1. The van der Waals surface area contributed by atoms with Crippen LogP contribution >= 0.6 is 35.6 Å². The van der Waals surface area contributed by atoms with E-state index in [0.717, 1.165) is 22.0 Å². The van der Waals surface area contributed by atoms with E-state index < -0.39 is 4.92 Å². The lowest BCUT2D eigenvalue weighted by molar-refractivity contribution is -0.384. The van der Waals surface area contributed by atoms with Gasteiger partial charge in [0.15, 0.2) is 4.32 Å². The van der Waals surface area contributed by atoms with Crippen LogP contribution in [0.5, 0.6) is 0 Å². The lowest BCUT2D eigenvalue weighted by atomic mass is 10.1. The standard InChI is InChI=1S/C25H16ClN3O3S2/c26-21-7-3-1-5-16(21)14-27-15-17(20-6-2-4-8-22(20)27)13-23-24(30)28(25(33)34-23)18-9-11-19(12-10-18)29(31)32/h1-13,15H,14H2/b23-13+. The first kappa shape index (κ1) is 22.3. The maximum Gasteiger partial charge on any atom is 0.270 e. The fraction of sp³-hybridized carbons (Fsp3) is 0.0400. The molecule has 168 valence electrons. The predicted molar refractivity (Wildman–Crippen MR) is 141 cm³/mol. The summed E-state index contributed by atoms with van der Waals surface area (Å²) in [5.41, 5.74) is 3.38. The van der Waals surface area contributed by atoms with E-state index in [1.165, 1.54) is 40.9 Å². The van der Waals surface area contributed by atoms with Crippen LogP contribution in [0.15, 0.2) is 83.9 Å². The van der Waals surface area contributed by atoms with Gasteiger partial charge in [0.05, 0.1) is 15.5 Å². The smallest absolute Gasteiger partial charge is 0.270 e. The molecule has 0 unspecified atom stereocenters. The minimum absolute atomic E-state index is 0.0453. The van der Waals surface area contributed by atoms with Crippen molar-refractivity contribution in [2.75, 3.05) is 4.90 Å². The number of nitro benzene ring substituents is 1. The maximum atomic E-state index is 13.2. The number of benzene rings is 3. The molecule has 1 aliphatic heterocycles. The summed E-state index contributed by atoms with van der Waals surface area (Å²) in [7, 11) is 0. The number of thiocarbonyl (C=S) groups is 1. The van der Waals surface area contributed by atoms with Gasteiger partial charge >= 0.3 is 0 Å². The van der Waals surface area contributed by atoms with Crippen molar-refractivity contribution in [3.63, 3.8) is 0 Å². The van der Waals surface area contributed by atoms with Crippen molar-refractivity contribution in [2.24, 2.45) is 0 Å². The molecular weight excluding hydrogens is 490 g/mol. The second-order valence-electron chi connectivity index (χ2n) is 7.61. The topological polar surface area (TPSA) is 68.4 Å². The lowest BCUT2D eigenvalue weighted by Gasteiger charge is -2.13. The van der Waals surface area contributed by atoms with E-state index >= 15 is 0 Å². The molecule has 1 saturated heterocycles. The van der Waals surface area contributed by atoms with Gasteiger partial charge < -0.3 is 4.57 Å². The van der Waals surface area contributed by atoms with Crippen molar-refractivity contribution in [1.29, 1.82) is 0 Å². The summed E-state index contributed by atoms with van der Waals surface area (Å²) < 4.78 is 2.49. The molecule has 1 amide bonds. The number of carbonyl (C=O) groups excluding carboxylic acids is 1. The number of para-hydroxylation sites is 1. The summed E-state index contributed by atoms with van der Waals surface area (Å²) in [6, 6.07) is 21.5. The summed E-state index contributed by atoms with van der Waals surface area (Å²) in [6.07, 6.45) is 3.85. The molecule has 0 N–H and O–H groups in total. The van der Waals surface area contributed by atoms with Crippen LogP contribution in [-0.2, 0) is 11.3 Å². The van der Waals surface area contributed by atoms with Crippen molar-refractivity contribution in [3.05, 3.63) is 110 Å². The van der Waals surface area contributed by atoms with Gasteiger partial charge in [-0.1, -0.05) is 72.0 Å². The van der Waals surface area contributed by atoms with E-state index in [-0.39, 0.29) is 11.6 Å². The fourth-order valence-electron chi connectivity index (χ4n) is 3.89. The summed E-state index contributed by atoms with van der Waals surface area (Å²) in [5.74, 6) is -0.258. The molecule has 0 bridgehead atoms. The zero-order valence-electron chi connectivity index (χ0n) is 17.6. The highest BCUT2D eigenvalue weighted by Crippen LogP contribution is 2.37. The normalized spacial score (nSPS) is 15.0. The predicted octanol–water partition coefficient (Wildman–Crippen LogP) is 6.66. The molecule has 0 radical (unpaired) electrons. The van der Waals surface area contributed by atoms with Gasteiger partial charge in [-0.2, -0.15) is 0 Å². The minimum Gasteiger partial charge on any atom is -0.342 e. The van der Waals surface area contributed by atoms with Crippen LogP contribution in [-0.4, -0.2) is 19.7 Å². The van der Waals surface area contributed by atoms with Crippen LogP contribution in [0.4, 0.5) is 11.4 Å². The van der Waals surface area contributed by atoms with E-state index in [1.54, 1.807) is 0 Å². The number of halogens is 1. The Morgan fingerprint density at radius 2 is 1.74 bits per heavy atom. The average molecular weight is 506 g/mol. The number of nitro groups is 1. The molecule has 9 heteroatoms. The van der Waals surface area contributed by atoms with Crippen LogP contribution in [0.25, 0.3) is 17.0 Å². The Hall–Kier alpha value is -3.46. The Bertz CT molecular complexity index is 1500. The number of anilines is 1.